The van der Waals surface area contributed by atoms with Crippen LogP contribution in [0.15, 0.2) is 48.9 Å². The van der Waals surface area contributed by atoms with Gasteiger partial charge in [0.2, 0.25) is 5.95 Å². The van der Waals surface area contributed by atoms with Gasteiger partial charge in [0.05, 0.1) is 35.9 Å². The van der Waals surface area contributed by atoms with E-state index in [0.29, 0.717) is 16.7 Å². The highest BCUT2D eigenvalue weighted by molar-refractivity contribution is 6.32. The number of anilines is 3. The molecule has 1 aliphatic rings. The first-order chi connectivity index (χ1) is 15.6. The van der Waals surface area contributed by atoms with Crippen LogP contribution in [0.25, 0.3) is 17.0 Å². The van der Waals surface area contributed by atoms with Gasteiger partial charge in [-0.2, -0.15) is 0 Å². The maximum Gasteiger partial charge on any atom is 0.227 e. The van der Waals surface area contributed by atoms with E-state index in [0.717, 1.165) is 54.5 Å². The van der Waals surface area contributed by atoms with Crippen LogP contribution in [0.2, 0.25) is 5.02 Å². The summed E-state index contributed by atoms with van der Waals surface area (Å²) in [5, 5.41) is 7.15. The molecule has 1 saturated heterocycles. The molecule has 1 fully saturated rings. The Balaban J connectivity index is 1.49. The lowest BCUT2D eigenvalue weighted by Gasteiger charge is -2.31. The topological polar surface area (TPSA) is 79.6 Å². The minimum atomic E-state index is 0.433. The van der Waals surface area contributed by atoms with Gasteiger partial charge in [-0.3, -0.25) is 4.40 Å². The molecule has 0 unspecified atom stereocenters. The van der Waals surface area contributed by atoms with Crippen LogP contribution in [-0.2, 0) is 0 Å². The van der Waals surface area contributed by atoms with E-state index in [-0.39, 0.29) is 0 Å². The fraction of sp³-hybridized carbons (Fsp3) is 0.261. The molecule has 8 nitrogen and oxygen atoms in total. The Morgan fingerprint density at radius 2 is 1.97 bits per heavy atom. The van der Waals surface area contributed by atoms with Crippen molar-refractivity contribution in [1.29, 1.82) is 0 Å². The molecule has 5 rings (SSSR count). The Labute approximate surface area is 191 Å². The van der Waals surface area contributed by atoms with Crippen molar-refractivity contribution in [2.75, 3.05) is 43.5 Å². The number of piperazine rings is 1. The molecule has 1 aromatic carbocycles. The van der Waals surface area contributed by atoms with E-state index in [1.807, 2.05) is 28.8 Å². The summed E-state index contributed by atoms with van der Waals surface area (Å²) < 4.78 is 7.64. The van der Waals surface area contributed by atoms with E-state index in [4.69, 9.17) is 16.3 Å². The Bertz CT molecular complexity index is 1270. The number of halogens is 1. The monoisotopic (exact) mass is 449 g/mol. The summed E-state index contributed by atoms with van der Waals surface area (Å²) in [5.74, 6) is 1.17. The predicted octanol–water partition coefficient (Wildman–Crippen LogP) is 3.91. The van der Waals surface area contributed by atoms with Crippen molar-refractivity contribution in [2.24, 2.45) is 0 Å². The molecule has 3 aromatic heterocycles. The number of pyridine rings is 1. The molecule has 0 bridgehead atoms. The largest absolute Gasteiger partial charge is 0.494 e. The minimum absolute atomic E-state index is 0.433. The van der Waals surface area contributed by atoms with E-state index in [1.165, 1.54) is 5.69 Å². The van der Waals surface area contributed by atoms with Crippen molar-refractivity contribution in [3.05, 3.63) is 59.5 Å². The van der Waals surface area contributed by atoms with E-state index in [9.17, 15) is 0 Å². The number of ether oxygens (including phenoxy) is 1. The van der Waals surface area contributed by atoms with Crippen molar-refractivity contribution < 1.29 is 4.74 Å². The van der Waals surface area contributed by atoms with Gasteiger partial charge in [0, 0.05) is 44.1 Å². The molecule has 0 saturated carbocycles. The average Bonchev–Trinajstić information content (AvgIpc) is 3.25. The molecular weight excluding hydrogens is 426 g/mol. The van der Waals surface area contributed by atoms with Crippen LogP contribution in [0.3, 0.4) is 0 Å². The predicted molar refractivity (Wildman–Crippen MR) is 127 cm³/mol. The SMILES string of the molecule is COc1cc(N2CCNCC2)c(C)cc1Nc1ncc(Cl)c(-c2cnc3ccccn23)n1. The zero-order valence-corrected chi connectivity index (χ0v) is 18.7. The number of hydrogen-bond donors (Lipinski definition) is 2. The fourth-order valence-electron chi connectivity index (χ4n) is 4.03. The molecule has 1 aliphatic heterocycles. The summed E-state index contributed by atoms with van der Waals surface area (Å²) in [6, 6.07) is 9.97. The number of imidazole rings is 1. The summed E-state index contributed by atoms with van der Waals surface area (Å²) in [5.41, 5.74) is 5.37. The van der Waals surface area contributed by atoms with Crippen LogP contribution >= 0.6 is 11.6 Å². The first-order valence-corrected chi connectivity index (χ1v) is 10.9. The summed E-state index contributed by atoms with van der Waals surface area (Å²) >= 11 is 6.45. The van der Waals surface area contributed by atoms with Crippen molar-refractivity contribution in [2.45, 2.75) is 6.92 Å². The van der Waals surface area contributed by atoms with E-state index < -0.39 is 0 Å². The average molecular weight is 450 g/mol. The number of fused-ring (bicyclic) bond motifs is 1. The van der Waals surface area contributed by atoms with Gasteiger partial charge < -0.3 is 20.3 Å². The Kier molecular flexibility index (Phi) is 5.55. The highest BCUT2D eigenvalue weighted by atomic mass is 35.5. The smallest absolute Gasteiger partial charge is 0.227 e. The second-order valence-electron chi connectivity index (χ2n) is 7.66. The number of methoxy groups -OCH3 is 1. The maximum absolute atomic E-state index is 6.45. The zero-order chi connectivity index (χ0) is 22.1. The molecule has 4 aromatic rings. The van der Waals surface area contributed by atoms with Gasteiger partial charge in [0.15, 0.2) is 0 Å². The van der Waals surface area contributed by atoms with Gasteiger partial charge in [0.25, 0.3) is 0 Å². The van der Waals surface area contributed by atoms with E-state index in [1.54, 1.807) is 19.5 Å². The lowest BCUT2D eigenvalue weighted by atomic mass is 10.1. The number of nitrogens with zero attached hydrogens (tertiary/aromatic N) is 5. The highest BCUT2D eigenvalue weighted by Crippen LogP contribution is 2.35. The van der Waals surface area contributed by atoms with Gasteiger partial charge in [-0.05, 0) is 30.7 Å². The van der Waals surface area contributed by atoms with Gasteiger partial charge in [-0.25, -0.2) is 15.0 Å². The summed E-state index contributed by atoms with van der Waals surface area (Å²) in [4.78, 5) is 15.9. The van der Waals surface area contributed by atoms with Crippen LogP contribution in [-0.4, -0.2) is 52.6 Å². The minimum Gasteiger partial charge on any atom is -0.494 e. The van der Waals surface area contributed by atoms with Gasteiger partial charge in [0.1, 0.15) is 17.1 Å². The van der Waals surface area contributed by atoms with Gasteiger partial charge >= 0.3 is 0 Å². The standard InChI is InChI=1S/C23H24ClN7O/c1-15-11-17(20(32-2)12-18(15)30-9-6-25-7-10-30)28-23-27-13-16(24)22(29-23)19-14-26-21-5-3-4-8-31(19)21/h3-5,8,11-14,25H,6-7,9-10H2,1-2H3,(H,27,28,29). The molecule has 4 heterocycles. The molecule has 32 heavy (non-hydrogen) atoms. The number of aryl methyl sites for hydroxylation is 1. The quantitative estimate of drug-likeness (QED) is 0.478. The number of rotatable bonds is 5. The van der Waals surface area contributed by atoms with Crippen molar-refractivity contribution in [1.82, 2.24) is 24.7 Å². The summed E-state index contributed by atoms with van der Waals surface area (Å²) in [7, 11) is 1.67. The lowest BCUT2D eigenvalue weighted by Crippen LogP contribution is -2.43. The third kappa shape index (κ3) is 3.83. The molecule has 0 amide bonds. The molecule has 9 heteroatoms. The molecule has 0 atom stereocenters. The molecule has 0 radical (unpaired) electrons. The molecular formula is C23H24ClN7O. The molecule has 164 valence electrons. The lowest BCUT2D eigenvalue weighted by molar-refractivity contribution is 0.416. The van der Waals surface area contributed by atoms with Crippen LogP contribution in [0.1, 0.15) is 5.56 Å². The summed E-state index contributed by atoms with van der Waals surface area (Å²) in [6.07, 6.45) is 5.30. The fourth-order valence-corrected chi connectivity index (χ4v) is 4.21. The van der Waals surface area contributed by atoms with Crippen LogP contribution in [0.4, 0.5) is 17.3 Å². The van der Waals surface area contributed by atoms with Crippen molar-refractivity contribution in [3.63, 3.8) is 0 Å². The third-order valence-corrected chi connectivity index (χ3v) is 5.90. The molecule has 0 aliphatic carbocycles. The maximum atomic E-state index is 6.45. The molecule has 0 spiro atoms. The number of aromatic nitrogens is 4. The van der Waals surface area contributed by atoms with Crippen LogP contribution in [0.5, 0.6) is 5.75 Å². The first-order valence-electron chi connectivity index (χ1n) is 10.5. The van der Waals surface area contributed by atoms with Crippen molar-refractivity contribution in [3.8, 4) is 17.1 Å². The third-order valence-electron chi connectivity index (χ3n) is 5.63. The normalized spacial score (nSPS) is 14.0. The van der Waals surface area contributed by atoms with Crippen molar-refractivity contribution >= 4 is 34.6 Å². The first kappa shape index (κ1) is 20.5. The second kappa shape index (κ2) is 8.64. The van der Waals surface area contributed by atoms with E-state index >= 15 is 0 Å². The second-order valence-corrected chi connectivity index (χ2v) is 8.07. The Morgan fingerprint density at radius 1 is 1.12 bits per heavy atom. The Morgan fingerprint density at radius 3 is 2.78 bits per heavy atom. The number of nitrogens with one attached hydrogen (secondary N) is 2. The summed E-state index contributed by atoms with van der Waals surface area (Å²) in [6.45, 7) is 6.01. The Hall–Kier alpha value is -3.36. The highest BCUT2D eigenvalue weighted by Gasteiger charge is 2.18. The zero-order valence-electron chi connectivity index (χ0n) is 18.0. The van der Waals surface area contributed by atoms with E-state index in [2.05, 4.69) is 49.5 Å². The molecule has 2 N–H and O–H groups in total. The van der Waals surface area contributed by atoms with Crippen LogP contribution < -0.4 is 20.3 Å². The van der Waals surface area contributed by atoms with Crippen LogP contribution in [0, 0.1) is 6.92 Å². The number of hydrogen-bond acceptors (Lipinski definition) is 7. The van der Waals surface area contributed by atoms with Gasteiger partial charge in [-0.15, -0.1) is 0 Å². The number of benzene rings is 1. The van der Waals surface area contributed by atoms with Gasteiger partial charge in [-0.1, -0.05) is 17.7 Å².